The maximum atomic E-state index is 4.29. The van der Waals surface area contributed by atoms with Crippen LogP contribution in [0.5, 0.6) is 0 Å². The van der Waals surface area contributed by atoms with Crippen molar-refractivity contribution in [1.82, 2.24) is 15.5 Å². The number of hydrogen-bond acceptors (Lipinski definition) is 3. The maximum absolute atomic E-state index is 4.29. The van der Waals surface area contributed by atoms with Crippen molar-refractivity contribution in [1.29, 1.82) is 0 Å². The summed E-state index contributed by atoms with van der Waals surface area (Å²) in [5.74, 6) is 0.924. The van der Waals surface area contributed by atoms with Crippen LogP contribution in [0.1, 0.15) is 37.0 Å². The first-order valence-corrected chi connectivity index (χ1v) is 9.45. The number of aliphatic imine (C=N–C) groups is 1. The highest BCUT2D eigenvalue weighted by molar-refractivity contribution is 7.09. The van der Waals surface area contributed by atoms with Crippen molar-refractivity contribution >= 4 is 17.3 Å². The van der Waals surface area contributed by atoms with Gasteiger partial charge in [-0.2, -0.15) is 0 Å². The highest BCUT2D eigenvalue weighted by Crippen LogP contribution is 2.09. The van der Waals surface area contributed by atoms with Crippen LogP contribution in [-0.2, 0) is 6.42 Å². The Morgan fingerprint density at radius 3 is 2.64 bits per heavy atom. The summed E-state index contributed by atoms with van der Waals surface area (Å²) in [6.45, 7) is 5.71. The van der Waals surface area contributed by atoms with Crippen LogP contribution in [0.4, 0.5) is 0 Å². The van der Waals surface area contributed by atoms with E-state index in [0.29, 0.717) is 0 Å². The molecule has 124 valence electrons. The highest BCUT2D eigenvalue weighted by atomic mass is 32.1. The molecule has 1 saturated heterocycles. The van der Waals surface area contributed by atoms with Crippen molar-refractivity contribution in [3.8, 4) is 0 Å². The molecule has 2 heterocycles. The number of guanidine groups is 1. The van der Waals surface area contributed by atoms with Gasteiger partial charge in [-0.3, -0.25) is 4.99 Å². The van der Waals surface area contributed by atoms with Gasteiger partial charge in [0.2, 0.25) is 0 Å². The van der Waals surface area contributed by atoms with E-state index in [4.69, 9.17) is 0 Å². The largest absolute Gasteiger partial charge is 0.356 e. The zero-order valence-electron chi connectivity index (χ0n) is 13.8. The van der Waals surface area contributed by atoms with Crippen molar-refractivity contribution in [2.24, 2.45) is 4.99 Å². The van der Waals surface area contributed by atoms with Crippen LogP contribution >= 0.6 is 11.3 Å². The lowest BCUT2D eigenvalue weighted by Crippen LogP contribution is -2.39. The summed E-state index contributed by atoms with van der Waals surface area (Å²) in [5, 5.41) is 8.94. The van der Waals surface area contributed by atoms with E-state index >= 15 is 0 Å². The monoisotopic (exact) mass is 322 g/mol. The molecule has 1 aliphatic heterocycles. The van der Waals surface area contributed by atoms with E-state index in [1.54, 1.807) is 0 Å². The van der Waals surface area contributed by atoms with Gasteiger partial charge in [0, 0.05) is 25.0 Å². The molecule has 22 heavy (non-hydrogen) atoms. The van der Waals surface area contributed by atoms with E-state index in [0.717, 1.165) is 25.5 Å². The summed E-state index contributed by atoms with van der Waals surface area (Å²) < 4.78 is 0. The van der Waals surface area contributed by atoms with Gasteiger partial charge in [-0.1, -0.05) is 18.9 Å². The molecule has 0 unspecified atom stereocenters. The van der Waals surface area contributed by atoms with Gasteiger partial charge < -0.3 is 15.5 Å². The summed E-state index contributed by atoms with van der Waals surface area (Å²) >= 11 is 1.82. The number of hydrogen-bond donors (Lipinski definition) is 2. The molecule has 1 aromatic heterocycles. The van der Waals surface area contributed by atoms with Crippen molar-refractivity contribution in [2.45, 2.75) is 38.5 Å². The minimum atomic E-state index is 0.924. The average Bonchev–Trinajstić information content (AvgIpc) is 2.92. The maximum Gasteiger partial charge on any atom is 0.190 e. The Balaban J connectivity index is 1.54. The molecule has 0 bridgehead atoms. The van der Waals surface area contributed by atoms with Gasteiger partial charge in [0.05, 0.1) is 0 Å². The zero-order chi connectivity index (χ0) is 15.5. The molecule has 0 spiro atoms. The van der Waals surface area contributed by atoms with Gasteiger partial charge in [0.15, 0.2) is 5.96 Å². The molecular formula is C17H30N4S. The first kappa shape index (κ1) is 17.3. The van der Waals surface area contributed by atoms with E-state index in [1.165, 1.54) is 56.6 Å². The minimum Gasteiger partial charge on any atom is -0.356 e. The molecule has 1 aliphatic rings. The van der Waals surface area contributed by atoms with Crippen LogP contribution < -0.4 is 10.6 Å². The number of nitrogens with zero attached hydrogens (tertiary/aromatic N) is 2. The van der Waals surface area contributed by atoms with Crippen LogP contribution in [-0.4, -0.2) is 50.6 Å². The predicted octanol–water partition coefficient (Wildman–Crippen LogP) is 2.72. The third kappa shape index (κ3) is 6.79. The van der Waals surface area contributed by atoms with Crippen LogP contribution in [0.15, 0.2) is 22.5 Å². The molecule has 4 nitrogen and oxygen atoms in total. The predicted molar refractivity (Wildman–Crippen MR) is 96.9 cm³/mol. The second kappa shape index (κ2) is 10.6. The number of likely N-dealkylation sites (tertiary alicyclic amines) is 1. The molecule has 0 aliphatic carbocycles. The Hall–Kier alpha value is -1.07. The third-order valence-corrected chi connectivity index (χ3v) is 5.05. The Morgan fingerprint density at radius 1 is 1.18 bits per heavy atom. The second-order valence-electron chi connectivity index (χ2n) is 5.86. The molecule has 2 rings (SSSR count). The van der Waals surface area contributed by atoms with E-state index in [9.17, 15) is 0 Å². The van der Waals surface area contributed by atoms with Crippen LogP contribution in [0, 0.1) is 0 Å². The van der Waals surface area contributed by atoms with Crippen LogP contribution in [0.3, 0.4) is 0 Å². The molecule has 0 radical (unpaired) electrons. The molecular weight excluding hydrogens is 292 g/mol. The van der Waals surface area contributed by atoms with E-state index in [2.05, 4.69) is 38.0 Å². The lowest BCUT2D eigenvalue weighted by molar-refractivity contribution is 0.282. The lowest BCUT2D eigenvalue weighted by Gasteiger charge is -2.20. The summed E-state index contributed by atoms with van der Waals surface area (Å²) in [6.07, 6.45) is 7.82. The van der Waals surface area contributed by atoms with Crippen molar-refractivity contribution in [2.75, 3.05) is 39.8 Å². The summed E-state index contributed by atoms with van der Waals surface area (Å²) in [6, 6.07) is 4.29. The smallest absolute Gasteiger partial charge is 0.190 e. The summed E-state index contributed by atoms with van der Waals surface area (Å²) in [4.78, 5) is 8.32. The Kier molecular flexibility index (Phi) is 8.35. The summed E-state index contributed by atoms with van der Waals surface area (Å²) in [7, 11) is 1.84. The first-order valence-electron chi connectivity index (χ1n) is 8.58. The van der Waals surface area contributed by atoms with Gasteiger partial charge in [-0.15, -0.1) is 11.3 Å². The second-order valence-corrected chi connectivity index (χ2v) is 6.90. The van der Waals surface area contributed by atoms with E-state index < -0.39 is 0 Å². The van der Waals surface area contributed by atoms with E-state index in [1.807, 2.05) is 18.4 Å². The first-order chi connectivity index (χ1) is 10.9. The van der Waals surface area contributed by atoms with Crippen molar-refractivity contribution in [3.63, 3.8) is 0 Å². The fourth-order valence-electron chi connectivity index (χ4n) is 2.85. The van der Waals surface area contributed by atoms with Crippen LogP contribution in [0.25, 0.3) is 0 Å². The van der Waals surface area contributed by atoms with Gasteiger partial charge in [0.1, 0.15) is 0 Å². The van der Waals surface area contributed by atoms with Gasteiger partial charge in [-0.25, -0.2) is 0 Å². The molecule has 0 atom stereocenters. The number of nitrogens with one attached hydrogen (secondary N) is 2. The zero-order valence-corrected chi connectivity index (χ0v) is 14.6. The van der Waals surface area contributed by atoms with E-state index in [-0.39, 0.29) is 0 Å². The Morgan fingerprint density at radius 2 is 1.95 bits per heavy atom. The fourth-order valence-corrected chi connectivity index (χ4v) is 3.56. The van der Waals surface area contributed by atoms with Gasteiger partial charge in [0.25, 0.3) is 0 Å². The quantitative estimate of drug-likeness (QED) is 0.461. The average molecular weight is 323 g/mol. The molecule has 1 fully saturated rings. The molecule has 5 heteroatoms. The minimum absolute atomic E-state index is 0.924. The number of rotatable bonds is 7. The Labute approximate surface area is 139 Å². The molecule has 2 N–H and O–H groups in total. The van der Waals surface area contributed by atoms with Crippen molar-refractivity contribution < 1.29 is 0 Å². The molecule has 0 saturated carbocycles. The molecule has 1 aromatic rings. The summed E-state index contributed by atoms with van der Waals surface area (Å²) in [5.41, 5.74) is 0. The third-order valence-electron chi connectivity index (χ3n) is 4.11. The van der Waals surface area contributed by atoms with Crippen molar-refractivity contribution in [3.05, 3.63) is 22.4 Å². The normalized spacial score (nSPS) is 17.2. The Bertz CT molecular complexity index is 408. The SMILES string of the molecule is CN=C(NCCCN1CCCCCC1)NCCc1cccs1. The lowest BCUT2D eigenvalue weighted by atomic mass is 10.2. The number of thiophene rings is 1. The topological polar surface area (TPSA) is 39.7 Å². The van der Waals surface area contributed by atoms with Gasteiger partial charge in [-0.05, 0) is 56.8 Å². The standard InChI is InChI=1S/C17H30N4S/c1-18-17(20-11-9-16-8-6-15-22-16)19-10-7-14-21-12-4-2-3-5-13-21/h6,8,15H,2-5,7,9-14H2,1H3,(H2,18,19,20). The van der Waals surface area contributed by atoms with Crippen LogP contribution in [0.2, 0.25) is 0 Å². The molecule has 0 aromatic carbocycles. The fraction of sp³-hybridized carbons (Fsp3) is 0.706. The highest BCUT2D eigenvalue weighted by Gasteiger charge is 2.08. The van der Waals surface area contributed by atoms with Gasteiger partial charge >= 0.3 is 0 Å². The molecule has 0 amide bonds.